The lowest BCUT2D eigenvalue weighted by atomic mass is 9.97. The predicted octanol–water partition coefficient (Wildman–Crippen LogP) is 2.99. The van der Waals surface area contributed by atoms with E-state index >= 15 is 0 Å². The summed E-state index contributed by atoms with van der Waals surface area (Å²) >= 11 is 1.60. The van der Waals surface area contributed by atoms with Crippen LogP contribution in [0.5, 0.6) is 11.5 Å². The normalized spacial score (nSPS) is 13.2. The number of benzene rings is 1. The van der Waals surface area contributed by atoms with E-state index in [2.05, 4.69) is 10.3 Å². The number of carbonyl (C=O) groups excluding carboxylic acids is 1. The number of nitrogens with one attached hydrogen (secondary N) is 1. The van der Waals surface area contributed by atoms with Gasteiger partial charge < -0.3 is 14.8 Å². The van der Waals surface area contributed by atoms with Crippen LogP contribution < -0.4 is 20.3 Å². The van der Waals surface area contributed by atoms with Crippen LogP contribution in [-0.4, -0.2) is 29.7 Å². The standard InChI is InChI=1S/C20H21N3O4S/c1-26-12-7-8-14(15(9-12)27-2)22-17(24)10-23-11-21-19-18(20(23)25)13-5-3-4-6-16(13)28-19/h7-9,11H,3-6,10H2,1-2H3,(H,22,24). The van der Waals surface area contributed by atoms with E-state index in [1.54, 1.807) is 36.6 Å². The average molecular weight is 399 g/mol. The molecule has 1 aliphatic carbocycles. The van der Waals surface area contributed by atoms with Gasteiger partial charge in [-0.05, 0) is 43.4 Å². The van der Waals surface area contributed by atoms with E-state index < -0.39 is 0 Å². The van der Waals surface area contributed by atoms with Crippen molar-refractivity contribution >= 4 is 33.1 Å². The fourth-order valence-corrected chi connectivity index (χ4v) is 4.76. The molecule has 0 atom stereocenters. The number of hydrogen-bond acceptors (Lipinski definition) is 6. The molecular formula is C20H21N3O4S. The van der Waals surface area contributed by atoms with Crippen molar-refractivity contribution in [2.45, 2.75) is 32.2 Å². The summed E-state index contributed by atoms with van der Waals surface area (Å²) in [6.07, 6.45) is 5.61. The third-order valence-electron chi connectivity index (χ3n) is 4.94. The number of aryl methyl sites for hydroxylation is 2. The summed E-state index contributed by atoms with van der Waals surface area (Å²) in [5.41, 5.74) is 1.49. The first-order chi connectivity index (χ1) is 13.6. The van der Waals surface area contributed by atoms with Gasteiger partial charge in [-0.15, -0.1) is 11.3 Å². The summed E-state index contributed by atoms with van der Waals surface area (Å²) in [6.45, 7) is -0.110. The van der Waals surface area contributed by atoms with E-state index in [0.29, 0.717) is 22.6 Å². The summed E-state index contributed by atoms with van der Waals surface area (Å²) in [4.78, 5) is 32.0. The molecule has 28 heavy (non-hydrogen) atoms. The Morgan fingerprint density at radius 1 is 1.25 bits per heavy atom. The Kier molecular flexibility index (Phi) is 5.04. The molecule has 1 amide bonds. The Balaban J connectivity index is 1.59. The number of anilines is 1. The number of thiophene rings is 1. The van der Waals surface area contributed by atoms with Crippen molar-refractivity contribution < 1.29 is 14.3 Å². The zero-order chi connectivity index (χ0) is 19.7. The number of ether oxygens (including phenoxy) is 2. The maximum absolute atomic E-state index is 13.0. The van der Waals surface area contributed by atoms with Gasteiger partial charge in [0.15, 0.2) is 0 Å². The molecule has 1 aliphatic rings. The molecule has 0 unspecified atom stereocenters. The zero-order valence-electron chi connectivity index (χ0n) is 15.8. The first-order valence-electron chi connectivity index (χ1n) is 9.12. The summed E-state index contributed by atoms with van der Waals surface area (Å²) in [5.74, 6) is 0.791. The molecule has 0 radical (unpaired) electrons. The van der Waals surface area contributed by atoms with Gasteiger partial charge in [-0.1, -0.05) is 0 Å². The van der Waals surface area contributed by atoms with E-state index in [-0.39, 0.29) is 18.0 Å². The molecule has 1 N–H and O–H groups in total. The molecule has 8 heteroatoms. The van der Waals surface area contributed by atoms with Crippen molar-refractivity contribution in [3.63, 3.8) is 0 Å². The first-order valence-corrected chi connectivity index (χ1v) is 9.94. The summed E-state index contributed by atoms with van der Waals surface area (Å²) in [7, 11) is 3.08. The molecule has 0 fully saturated rings. The van der Waals surface area contributed by atoms with E-state index in [9.17, 15) is 9.59 Å². The molecule has 4 rings (SSSR count). The first kappa shape index (κ1) is 18.5. The third-order valence-corrected chi connectivity index (χ3v) is 6.14. The van der Waals surface area contributed by atoms with Crippen LogP contribution >= 0.6 is 11.3 Å². The number of hydrogen-bond donors (Lipinski definition) is 1. The van der Waals surface area contributed by atoms with Gasteiger partial charge >= 0.3 is 0 Å². The van der Waals surface area contributed by atoms with Crippen LogP contribution in [0, 0.1) is 0 Å². The quantitative estimate of drug-likeness (QED) is 0.713. The Morgan fingerprint density at radius 2 is 2.07 bits per heavy atom. The Morgan fingerprint density at radius 3 is 2.86 bits per heavy atom. The zero-order valence-corrected chi connectivity index (χ0v) is 16.6. The highest BCUT2D eigenvalue weighted by Crippen LogP contribution is 2.33. The maximum atomic E-state index is 13.0. The largest absolute Gasteiger partial charge is 0.497 e. The minimum absolute atomic E-state index is 0.110. The lowest BCUT2D eigenvalue weighted by Crippen LogP contribution is -2.28. The summed E-state index contributed by atoms with van der Waals surface area (Å²) < 4.78 is 11.8. The van der Waals surface area contributed by atoms with Gasteiger partial charge in [0.25, 0.3) is 5.56 Å². The second-order valence-electron chi connectivity index (χ2n) is 6.68. The fraction of sp³-hybridized carbons (Fsp3) is 0.350. The van der Waals surface area contributed by atoms with Gasteiger partial charge in [-0.3, -0.25) is 14.2 Å². The van der Waals surface area contributed by atoms with Crippen molar-refractivity contribution in [2.24, 2.45) is 0 Å². The van der Waals surface area contributed by atoms with E-state index in [1.165, 1.54) is 22.9 Å². The number of amides is 1. The monoisotopic (exact) mass is 399 g/mol. The molecule has 146 valence electrons. The Hall–Kier alpha value is -2.87. The molecule has 1 aromatic carbocycles. The molecule has 2 heterocycles. The molecule has 7 nitrogen and oxygen atoms in total. The van der Waals surface area contributed by atoms with Crippen molar-refractivity contribution in [3.05, 3.63) is 45.3 Å². The van der Waals surface area contributed by atoms with Crippen LogP contribution in [0.15, 0.2) is 29.3 Å². The van der Waals surface area contributed by atoms with E-state index in [4.69, 9.17) is 9.47 Å². The highest BCUT2D eigenvalue weighted by atomic mass is 32.1. The van der Waals surface area contributed by atoms with E-state index in [1.807, 2.05) is 0 Å². The molecular weight excluding hydrogens is 378 g/mol. The Labute approximate surface area is 165 Å². The molecule has 0 spiro atoms. The number of aromatic nitrogens is 2. The molecule has 0 saturated carbocycles. The summed E-state index contributed by atoms with van der Waals surface area (Å²) in [5, 5.41) is 3.47. The number of fused-ring (bicyclic) bond motifs is 3. The molecule has 0 bridgehead atoms. The van der Waals surface area contributed by atoms with Crippen LogP contribution in [0.3, 0.4) is 0 Å². The number of rotatable bonds is 5. The minimum atomic E-state index is -0.323. The lowest BCUT2D eigenvalue weighted by Gasteiger charge is -2.12. The van der Waals surface area contributed by atoms with Crippen LogP contribution in [0.25, 0.3) is 10.2 Å². The highest BCUT2D eigenvalue weighted by molar-refractivity contribution is 7.18. The van der Waals surface area contributed by atoms with Gasteiger partial charge in [0, 0.05) is 10.9 Å². The van der Waals surface area contributed by atoms with Gasteiger partial charge in [-0.25, -0.2) is 4.98 Å². The van der Waals surface area contributed by atoms with Gasteiger partial charge in [-0.2, -0.15) is 0 Å². The summed E-state index contributed by atoms with van der Waals surface area (Å²) in [6, 6.07) is 5.12. The Bertz CT molecular complexity index is 1100. The topological polar surface area (TPSA) is 82.5 Å². The minimum Gasteiger partial charge on any atom is -0.497 e. The molecule has 0 saturated heterocycles. The SMILES string of the molecule is COc1ccc(NC(=O)Cn2cnc3sc4c(c3c2=O)CCCC4)c(OC)c1. The number of carbonyl (C=O) groups is 1. The average Bonchev–Trinajstić information content (AvgIpc) is 3.09. The lowest BCUT2D eigenvalue weighted by molar-refractivity contribution is -0.116. The van der Waals surface area contributed by atoms with Crippen molar-refractivity contribution in [1.82, 2.24) is 9.55 Å². The second-order valence-corrected chi connectivity index (χ2v) is 7.77. The van der Waals surface area contributed by atoms with Gasteiger partial charge in [0.2, 0.25) is 5.91 Å². The number of methoxy groups -OCH3 is 2. The van der Waals surface area contributed by atoms with Crippen LogP contribution in [-0.2, 0) is 24.2 Å². The van der Waals surface area contributed by atoms with Crippen LogP contribution in [0.2, 0.25) is 0 Å². The van der Waals surface area contributed by atoms with Crippen molar-refractivity contribution in [1.29, 1.82) is 0 Å². The van der Waals surface area contributed by atoms with Gasteiger partial charge in [0.1, 0.15) is 22.9 Å². The van der Waals surface area contributed by atoms with Crippen LogP contribution in [0.1, 0.15) is 23.3 Å². The third kappa shape index (κ3) is 3.35. The van der Waals surface area contributed by atoms with Crippen molar-refractivity contribution in [3.8, 4) is 11.5 Å². The predicted molar refractivity (Wildman–Crippen MR) is 109 cm³/mol. The number of nitrogens with zero attached hydrogens (tertiary/aromatic N) is 2. The van der Waals surface area contributed by atoms with Gasteiger partial charge in [0.05, 0.1) is 31.6 Å². The van der Waals surface area contributed by atoms with Crippen LogP contribution in [0.4, 0.5) is 5.69 Å². The maximum Gasteiger partial charge on any atom is 0.262 e. The van der Waals surface area contributed by atoms with E-state index in [0.717, 1.165) is 36.1 Å². The molecule has 3 aromatic rings. The van der Waals surface area contributed by atoms with Crippen molar-refractivity contribution in [2.75, 3.05) is 19.5 Å². The highest BCUT2D eigenvalue weighted by Gasteiger charge is 2.20. The molecule has 0 aliphatic heterocycles. The fourth-order valence-electron chi connectivity index (χ4n) is 3.54. The second kappa shape index (κ2) is 7.63. The molecule has 2 aromatic heterocycles. The smallest absolute Gasteiger partial charge is 0.262 e.